The molecule has 11 heavy (non-hydrogen) atoms. The summed E-state index contributed by atoms with van der Waals surface area (Å²) in [5.74, 6) is -0.877. The summed E-state index contributed by atoms with van der Waals surface area (Å²) in [5, 5.41) is 8.38. The highest BCUT2D eigenvalue weighted by Gasteiger charge is 2.12. The molecule has 1 atom stereocenters. The zero-order valence-electron chi connectivity index (χ0n) is 6.78. The largest absolute Gasteiger partial charge is 0.481 e. The van der Waals surface area contributed by atoms with E-state index < -0.39 is 5.97 Å². The third-order valence-electron chi connectivity index (χ3n) is 1.54. The van der Waals surface area contributed by atoms with Gasteiger partial charge in [0, 0.05) is 12.6 Å². The maximum atomic E-state index is 10.3. The SMILES string of the molecule is CCN(C=O)C(C)CC(=O)O. The van der Waals surface area contributed by atoms with Gasteiger partial charge in [-0.2, -0.15) is 0 Å². The van der Waals surface area contributed by atoms with E-state index >= 15 is 0 Å². The van der Waals surface area contributed by atoms with Crippen molar-refractivity contribution in [3.8, 4) is 0 Å². The molecule has 4 nitrogen and oxygen atoms in total. The van der Waals surface area contributed by atoms with Crippen LogP contribution in [0.5, 0.6) is 0 Å². The Kier molecular flexibility index (Phi) is 4.26. The van der Waals surface area contributed by atoms with Crippen molar-refractivity contribution >= 4 is 12.4 Å². The molecule has 0 saturated heterocycles. The fraction of sp³-hybridized carbons (Fsp3) is 0.714. The van der Waals surface area contributed by atoms with E-state index in [-0.39, 0.29) is 12.5 Å². The lowest BCUT2D eigenvalue weighted by molar-refractivity contribution is -0.138. The lowest BCUT2D eigenvalue weighted by Crippen LogP contribution is -2.33. The number of carbonyl (C=O) groups is 2. The van der Waals surface area contributed by atoms with E-state index in [1.807, 2.05) is 6.92 Å². The zero-order valence-corrected chi connectivity index (χ0v) is 6.78. The Morgan fingerprint density at radius 3 is 2.55 bits per heavy atom. The molecule has 0 aromatic rings. The summed E-state index contributed by atoms with van der Waals surface area (Å²) in [6, 6.07) is -0.213. The van der Waals surface area contributed by atoms with E-state index in [1.165, 1.54) is 4.90 Å². The van der Waals surface area contributed by atoms with Crippen LogP contribution in [0.25, 0.3) is 0 Å². The monoisotopic (exact) mass is 159 g/mol. The third-order valence-corrected chi connectivity index (χ3v) is 1.54. The Labute approximate surface area is 65.8 Å². The normalized spacial score (nSPS) is 12.2. The smallest absolute Gasteiger partial charge is 0.305 e. The molecule has 0 heterocycles. The highest BCUT2D eigenvalue weighted by atomic mass is 16.4. The van der Waals surface area contributed by atoms with Gasteiger partial charge in [-0.05, 0) is 13.8 Å². The van der Waals surface area contributed by atoms with Crippen molar-refractivity contribution in [2.45, 2.75) is 26.3 Å². The van der Waals surface area contributed by atoms with Crippen LogP contribution in [0.1, 0.15) is 20.3 Å². The summed E-state index contributed by atoms with van der Waals surface area (Å²) in [6.07, 6.45) is 0.681. The number of rotatable bonds is 5. The number of aliphatic carboxylic acids is 1. The van der Waals surface area contributed by atoms with Gasteiger partial charge >= 0.3 is 5.97 Å². The Morgan fingerprint density at radius 1 is 1.73 bits per heavy atom. The molecule has 1 amide bonds. The molecule has 0 aliphatic carbocycles. The van der Waals surface area contributed by atoms with E-state index in [9.17, 15) is 9.59 Å². The topological polar surface area (TPSA) is 57.6 Å². The van der Waals surface area contributed by atoms with Crippen molar-refractivity contribution in [3.63, 3.8) is 0 Å². The van der Waals surface area contributed by atoms with Crippen LogP contribution in [0.3, 0.4) is 0 Å². The summed E-state index contributed by atoms with van der Waals surface area (Å²) in [5.41, 5.74) is 0. The maximum absolute atomic E-state index is 10.3. The minimum Gasteiger partial charge on any atom is -0.481 e. The van der Waals surface area contributed by atoms with E-state index in [4.69, 9.17) is 5.11 Å². The van der Waals surface area contributed by atoms with Crippen molar-refractivity contribution in [3.05, 3.63) is 0 Å². The van der Waals surface area contributed by atoms with Crippen molar-refractivity contribution in [2.24, 2.45) is 0 Å². The Bertz CT molecular complexity index is 147. The first kappa shape index (κ1) is 9.94. The predicted molar refractivity (Wildman–Crippen MR) is 40.2 cm³/mol. The maximum Gasteiger partial charge on any atom is 0.305 e. The number of carboxylic acid groups (broad SMARTS) is 1. The molecule has 1 unspecified atom stereocenters. The fourth-order valence-corrected chi connectivity index (χ4v) is 0.860. The molecular weight excluding hydrogens is 146 g/mol. The molecule has 1 N–H and O–H groups in total. The molecule has 0 fully saturated rings. The van der Waals surface area contributed by atoms with Crippen LogP contribution in [0.2, 0.25) is 0 Å². The van der Waals surface area contributed by atoms with Gasteiger partial charge in [-0.15, -0.1) is 0 Å². The van der Waals surface area contributed by atoms with E-state index in [1.54, 1.807) is 6.92 Å². The van der Waals surface area contributed by atoms with Gasteiger partial charge in [0.2, 0.25) is 6.41 Å². The summed E-state index contributed by atoms with van der Waals surface area (Å²) in [7, 11) is 0. The van der Waals surface area contributed by atoms with Crippen molar-refractivity contribution < 1.29 is 14.7 Å². The van der Waals surface area contributed by atoms with Crippen molar-refractivity contribution in [1.82, 2.24) is 4.90 Å². The van der Waals surface area contributed by atoms with Crippen LogP contribution < -0.4 is 0 Å². The van der Waals surface area contributed by atoms with E-state index in [0.29, 0.717) is 13.0 Å². The van der Waals surface area contributed by atoms with Gasteiger partial charge in [0.05, 0.1) is 6.42 Å². The minimum absolute atomic E-state index is 0.00653. The molecule has 0 spiro atoms. The van der Waals surface area contributed by atoms with Crippen LogP contribution >= 0.6 is 0 Å². The van der Waals surface area contributed by atoms with Gasteiger partial charge in [0.15, 0.2) is 0 Å². The quantitative estimate of drug-likeness (QED) is 0.588. The standard InChI is InChI=1S/C7H13NO3/c1-3-8(5-9)6(2)4-7(10)11/h5-6H,3-4H2,1-2H3,(H,10,11). The van der Waals surface area contributed by atoms with Crippen LogP contribution in [-0.4, -0.2) is 35.0 Å². The molecule has 0 aliphatic rings. The van der Waals surface area contributed by atoms with Crippen LogP contribution in [-0.2, 0) is 9.59 Å². The van der Waals surface area contributed by atoms with Crippen molar-refractivity contribution in [1.29, 1.82) is 0 Å². The van der Waals surface area contributed by atoms with Gasteiger partial charge in [-0.25, -0.2) is 0 Å². The molecule has 4 heteroatoms. The number of amides is 1. The third kappa shape index (κ3) is 3.60. The molecule has 0 aromatic heterocycles. The predicted octanol–water partition coefficient (Wildman–Crippen LogP) is 0.328. The second-order valence-electron chi connectivity index (χ2n) is 2.38. The van der Waals surface area contributed by atoms with Crippen molar-refractivity contribution in [2.75, 3.05) is 6.54 Å². The first-order valence-electron chi connectivity index (χ1n) is 3.54. The summed E-state index contributed by atoms with van der Waals surface area (Å²) < 4.78 is 0. The lowest BCUT2D eigenvalue weighted by Gasteiger charge is -2.21. The first-order valence-corrected chi connectivity index (χ1v) is 3.54. The molecule has 0 saturated carbocycles. The van der Waals surface area contributed by atoms with Crippen LogP contribution in [0.15, 0.2) is 0 Å². The number of carboxylic acids is 1. The van der Waals surface area contributed by atoms with E-state index in [2.05, 4.69) is 0 Å². The van der Waals surface area contributed by atoms with Gasteiger partial charge in [0.25, 0.3) is 0 Å². The Balaban J connectivity index is 3.87. The number of nitrogens with zero attached hydrogens (tertiary/aromatic N) is 1. The van der Waals surface area contributed by atoms with Crippen LogP contribution in [0.4, 0.5) is 0 Å². The highest BCUT2D eigenvalue weighted by molar-refractivity contribution is 5.68. The van der Waals surface area contributed by atoms with Gasteiger partial charge < -0.3 is 10.0 Å². The molecular formula is C7H13NO3. The van der Waals surface area contributed by atoms with E-state index in [0.717, 1.165) is 0 Å². The average molecular weight is 159 g/mol. The number of hydrogen-bond donors (Lipinski definition) is 1. The Morgan fingerprint density at radius 2 is 2.27 bits per heavy atom. The molecule has 0 rings (SSSR count). The highest BCUT2D eigenvalue weighted by Crippen LogP contribution is 1.99. The van der Waals surface area contributed by atoms with Crippen LogP contribution in [0, 0.1) is 0 Å². The second-order valence-corrected chi connectivity index (χ2v) is 2.38. The summed E-state index contributed by atoms with van der Waals surface area (Å²) in [4.78, 5) is 21.9. The van der Waals surface area contributed by atoms with Gasteiger partial charge in [-0.3, -0.25) is 9.59 Å². The first-order chi connectivity index (χ1) is 5.11. The summed E-state index contributed by atoms with van der Waals surface area (Å²) in [6.45, 7) is 4.08. The average Bonchev–Trinajstić information content (AvgIpc) is 1.88. The molecule has 0 aliphatic heterocycles. The lowest BCUT2D eigenvalue weighted by atomic mass is 10.2. The summed E-state index contributed by atoms with van der Waals surface area (Å²) >= 11 is 0. The fourth-order valence-electron chi connectivity index (χ4n) is 0.860. The van der Waals surface area contributed by atoms with Gasteiger partial charge in [-0.1, -0.05) is 0 Å². The molecule has 64 valence electrons. The second kappa shape index (κ2) is 4.71. The number of hydrogen-bond acceptors (Lipinski definition) is 2. The minimum atomic E-state index is -0.877. The molecule has 0 aromatic carbocycles. The Hall–Kier alpha value is -1.06. The molecule has 0 bridgehead atoms. The number of carbonyl (C=O) groups excluding carboxylic acids is 1. The zero-order chi connectivity index (χ0) is 8.85. The molecule has 0 radical (unpaired) electrons. The van der Waals surface area contributed by atoms with Gasteiger partial charge in [0.1, 0.15) is 0 Å².